The topological polar surface area (TPSA) is 60.9 Å². The molecule has 0 radical (unpaired) electrons. The molecule has 1 aromatic carbocycles. The maximum Gasteiger partial charge on any atom is 0.331 e. The van der Waals surface area contributed by atoms with Gasteiger partial charge in [0.05, 0.1) is 0 Å². The van der Waals surface area contributed by atoms with E-state index in [0.29, 0.717) is 25.1 Å². The Morgan fingerprint density at radius 1 is 1.14 bits per heavy atom. The molecule has 2 rings (SSSR count). The van der Waals surface area contributed by atoms with Crippen LogP contribution in [0.2, 0.25) is 0 Å². The Labute approximate surface area is 123 Å². The van der Waals surface area contributed by atoms with Crippen molar-refractivity contribution < 1.29 is 19.1 Å². The Morgan fingerprint density at radius 2 is 1.81 bits per heavy atom. The molecule has 0 spiro atoms. The first-order valence-corrected chi connectivity index (χ1v) is 7.07. The van der Waals surface area contributed by atoms with Gasteiger partial charge in [0.1, 0.15) is 11.9 Å². The lowest BCUT2D eigenvalue weighted by Gasteiger charge is -2.19. The lowest BCUT2D eigenvalue weighted by atomic mass is 10.2. The largest absolute Gasteiger partial charge is 0.396 e. The third-order valence-electron chi connectivity index (χ3n) is 3.59. The van der Waals surface area contributed by atoms with Crippen LogP contribution in [0.25, 0.3) is 0 Å². The van der Waals surface area contributed by atoms with Crippen LogP contribution >= 0.6 is 0 Å². The molecule has 1 aliphatic rings. The third-order valence-corrected chi connectivity index (χ3v) is 3.59. The van der Waals surface area contributed by atoms with Crippen molar-refractivity contribution in [1.82, 2.24) is 4.90 Å². The van der Waals surface area contributed by atoms with E-state index in [1.54, 1.807) is 6.92 Å². The molecule has 0 aromatic heterocycles. The van der Waals surface area contributed by atoms with Crippen LogP contribution in [0.15, 0.2) is 24.3 Å². The normalized spacial score (nSPS) is 18.7. The van der Waals surface area contributed by atoms with Crippen molar-refractivity contribution in [2.45, 2.75) is 32.2 Å². The Kier molecular flexibility index (Phi) is 4.90. The summed E-state index contributed by atoms with van der Waals surface area (Å²) in [6.45, 7) is 2.12. The molecule has 1 saturated heterocycles. The number of hydrogen-bond acceptors (Lipinski definition) is 3. The highest BCUT2D eigenvalue weighted by Gasteiger charge is 2.42. The van der Waals surface area contributed by atoms with Crippen LogP contribution in [0.1, 0.15) is 26.2 Å². The average Bonchev–Trinajstić information content (AvgIpc) is 2.68. The zero-order valence-electron chi connectivity index (χ0n) is 12.0. The summed E-state index contributed by atoms with van der Waals surface area (Å²) >= 11 is 0. The standard InChI is InChI=1S/C15H19FN2O3/c1-11-14(20)17(9-3-2-4-10-19)15(21)18(11)13-7-5-12(16)6-8-13/h5-8,11,19H,2-4,9-10H2,1H3. The number of imide groups is 1. The zero-order chi connectivity index (χ0) is 15.4. The molecule has 1 fully saturated rings. The molecule has 1 aromatic rings. The molecular formula is C15H19FN2O3. The lowest BCUT2D eigenvalue weighted by molar-refractivity contribution is -0.126. The van der Waals surface area contributed by atoms with Gasteiger partial charge >= 0.3 is 6.03 Å². The number of nitrogens with zero attached hydrogens (tertiary/aromatic N) is 2. The van der Waals surface area contributed by atoms with Crippen LogP contribution in [-0.2, 0) is 4.79 Å². The Morgan fingerprint density at radius 3 is 2.43 bits per heavy atom. The molecule has 6 heteroatoms. The quantitative estimate of drug-likeness (QED) is 0.646. The molecule has 1 unspecified atom stereocenters. The predicted molar refractivity (Wildman–Crippen MR) is 76.4 cm³/mol. The fourth-order valence-electron chi connectivity index (χ4n) is 2.43. The van der Waals surface area contributed by atoms with Crippen molar-refractivity contribution in [1.29, 1.82) is 0 Å². The van der Waals surface area contributed by atoms with Crippen molar-refractivity contribution >= 4 is 17.6 Å². The van der Waals surface area contributed by atoms with E-state index in [4.69, 9.17) is 5.11 Å². The van der Waals surface area contributed by atoms with Crippen molar-refractivity contribution in [3.8, 4) is 0 Å². The number of hydrogen-bond donors (Lipinski definition) is 1. The highest BCUT2D eigenvalue weighted by molar-refractivity contribution is 6.14. The number of urea groups is 1. The molecule has 1 N–H and O–H groups in total. The van der Waals surface area contributed by atoms with Crippen molar-refractivity contribution in [2.75, 3.05) is 18.1 Å². The summed E-state index contributed by atoms with van der Waals surface area (Å²) in [5.41, 5.74) is 0.514. The summed E-state index contributed by atoms with van der Waals surface area (Å²) in [6, 6.07) is 4.57. The summed E-state index contributed by atoms with van der Waals surface area (Å²) in [4.78, 5) is 27.1. The van der Waals surface area contributed by atoms with Gasteiger partial charge in [0, 0.05) is 18.8 Å². The van der Waals surface area contributed by atoms with Crippen LogP contribution in [0.3, 0.4) is 0 Å². The van der Waals surface area contributed by atoms with Crippen LogP contribution < -0.4 is 4.90 Å². The molecule has 3 amide bonds. The van der Waals surface area contributed by atoms with Gasteiger partial charge < -0.3 is 5.11 Å². The first kappa shape index (κ1) is 15.4. The molecule has 0 bridgehead atoms. The first-order chi connectivity index (χ1) is 10.1. The molecule has 1 atom stereocenters. The molecule has 0 saturated carbocycles. The number of halogens is 1. The van der Waals surface area contributed by atoms with Gasteiger partial charge in [-0.05, 0) is 50.5 Å². The summed E-state index contributed by atoms with van der Waals surface area (Å²) in [7, 11) is 0. The Bertz CT molecular complexity index is 518. The number of rotatable bonds is 6. The highest BCUT2D eigenvalue weighted by atomic mass is 19.1. The van der Waals surface area contributed by atoms with Crippen molar-refractivity contribution in [3.05, 3.63) is 30.1 Å². The number of aliphatic hydroxyl groups excluding tert-OH is 1. The van der Waals surface area contributed by atoms with Gasteiger partial charge in [-0.15, -0.1) is 0 Å². The molecule has 0 aliphatic carbocycles. The van der Waals surface area contributed by atoms with E-state index in [9.17, 15) is 14.0 Å². The second-order valence-electron chi connectivity index (χ2n) is 5.08. The van der Waals surface area contributed by atoms with Crippen LogP contribution in [-0.4, -0.2) is 41.1 Å². The van der Waals surface area contributed by atoms with E-state index < -0.39 is 6.04 Å². The fraction of sp³-hybridized carbons (Fsp3) is 0.467. The summed E-state index contributed by atoms with van der Waals surface area (Å²) in [5.74, 6) is -0.626. The highest BCUT2D eigenvalue weighted by Crippen LogP contribution is 2.26. The van der Waals surface area contributed by atoms with Crippen LogP contribution in [0, 0.1) is 5.82 Å². The number of carbonyl (C=O) groups excluding carboxylic acids is 2. The fourth-order valence-corrected chi connectivity index (χ4v) is 2.43. The number of anilines is 1. The minimum absolute atomic E-state index is 0.111. The second kappa shape index (κ2) is 6.67. The first-order valence-electron chi connectivity index (χ1n) is 7.07. The van der Waals surface area contributed by atoms with E-state index in [2.05, 4.69) is 0 Å². The van der Waals surface area contributed by atoms with E-state index in [1.165, 1.54) is 34.1 Å². The molecule has 1 aliphatic heterocycles. The van der Waals surface area contributed by atoms with Crippen molar-refractivity contribution in [3.63, 3.8) is 0 Å². The van der Waals surface area contributed by atoms with Gasteiger partial charge in [-0.25, -0.2) is 9.18 Å². The van der Waals surface area contributed by atoms with E-state index in [-0.39, 0.29) is 24.4 Å². The number of amides is 3. The van der Waals surface area contributed by atoms with Crippen LogP contribution in [0.5, 0.6) is 0 Å². The number of benzene rings is 1. The van der Waals surface area contributed by atoms with Gasteiger partial charge in [-0.2, -0.15) is 0 Å². The SMILES string of the molecule is CC1C(=O)N(CCCCCO)C(=O)N1c1ccc(F)cc1. The van der Waals surface area contributed by atoms with Gasteiger partial charge in [-0.1, -0.05) is 0 Å². The summed E-state index contributed by atoms with van der Waals surface area (Å²) in [5, 5.41) is 8.73. The van der Waals surface area contributed by atoms with E-state index in [1.807, 2.05) is 0 Å². The average molecular weight is 294 g/mol. The minimum Gasteiger partial charge on any atom is -0.396 e. The molecule has 1 heterocycles. The third kappa shape index (κ3) is 3.21. The molecule has 21 heavy (non-hydrogen) atoms. The van der Waals surface area contributed by atoms with Gasteiger partial charge in [0.25, 0.3) is 5.91 Å². The molecular weight excluding hydrogens is 275 g/mol. The Hall–Kier alpha value is -1.95. The maximum atomic E-state index is 13.0. The van der Waals surface area contributed by atoms with Gasteiger partial charge in [0.15, 0.2) is 0 Å². The Balaban J connectivity index is 2.08. The molecule has 114 valence electrons. The summed E-state index contributed by atoms with van der Waals surface area (Å²) < 4.78 is 13.0. The van der Waals surface area contributed by atoms with Gasteiger partial charge in [0.2, 0.25) is 0 Å². The second-order valence-corrected chi connectivity index (χ2v) is 5.08. The van der Waals surface area contributed by atoms with E-state index >= 15 is 0 Å². The minimum atomic E-state index is -0.583. The van der Waals surface area contributed by atoms with E-state index in [0.717, 1.165) is 6.42 Å². The van der Waals surface area contributed by atoms with Crippen molar-refractivity contribution in [2.24, 2.45) is 0 Å². The smallest absolute Gasteiger partial charge is 0.331 e. The monoisotopic (exact) mass is 294 g/mol. The predicted octanol–water partition coefficient (Wildman–Crippen LogP) is 2.15. The number of carbonyl (C=O) groups is 2. The number of aliphatic hydroxyl groups is 1. The van der Waals surface area contributed by atoms with Crippen LogP contribution in [0.4, 0.5) is 14.9 Å². The summed E-state index contributed by atoms with van der Waals surface area (Å²) in [6.07, 6.45) is 2.09. The number of unbranched alkanes of at least 4 members (excludes halogenated alkanes) is 2. The molecule has 5 nitrogen and oxygen atoms in total. The lowest BCUT2D eigenvalue weighted by Crippen LogP contribution is -2.34. The van der Waals surface area contributed by atoms with Gasteiger partial charge in [-0.3, -0.25) is 14.6 Å². The zero-order valence-corrected chi connectivity index (χ0v) is 12.0. The maximum absolute atomic E-state index is 13.0.